The third-order valence-electron chi connectivity index (χ3n) is 3.04. The highest BCUT2D eigenvalue weighted by Crippen LogP contribution is 2.23. The molecular formula is C16H25NO. The van der Waals surface area contributed by atoms with E-state index in [9.17, 15) is 0 Å². The Hall–Kier alpha value is -1.28. The van der Waals surface area contributed by atoms with E-state index >= 15 is 0 Å². The van der Waals surface area contributed by atoms with Gasteiger partial charge >= 0.3 is 0 Å². The molecule has 0 aliphatic rings. The Morgan fingerprint density at radius 3 is 2.39 bits per heavy atom. The van der Waals surface area contributed by atoms with Gasteiger partial charge in [-0.15, -0.1) is 0 Å². The lowest BCUT2D eigenvalue weighted by Gasteiger charge is -2.19. The van der Waals surface area contributed by atoms with Crippen LogP contribution in [0.15, 0.2) is 36.4 Å². The second-order valence-corrected chi connectivity index (χ2v) is 4.42. The Bertz CT molecular complexity index is 356. The largest absolute Gasteiger partial charge is 0.494 e. The molecule has 2 nitrogen and oxygen atoms in total. The zero-order valence-corrected chi connectivity index (χ0v) is 11.8. The summed E-state index contributed by atoms with van der Waals surface area (Å²) in [5.74, 6) is 0.936. The van der Waals surface area contributed by atoms with E-state index in [-0.39, 0.29) is 0 Å². The van der Waals surface area contributed by atoms with Gasteiger partial charge in [0.2, 0.25) is 0 Å². The van der Waals surface area contributed by atoms with Crippen molar-refractivity contribution in [3.63, 3.8) is 0 Å². The van der Waals surface area contributed by atoms with E-state index in [0.29, 0.717) is 12.6 Å². The summed E-state index contributed by atoms with van der Waals surface area (Å²) in [6.07, 6.45) is 2.04. The van der Waals surface area contributed by atoms with Crippen LogP contribution in [0.2, 0.25) is 0 Å². The SMILES string of the molecule is C=C(CC)CC(NCC)c1ccc(OCC)cc1. The van der Waals surface area contributed by atoms with Crippen LogP contribution in [0.5, 0.6) is 5.75 Å². The summed E-state index contributed by atoms with van der Waals surface area (Å²) in [4.78, 5) is 0. The molecule has 0 amide bonds. The normalized spacial score (nSPS) is 12.2. The minimum atomic E-state index is 0.359. The molecule has 1 rings (SSSR count). The first-order chi connectivity index (χ1) is 8.71. The number of rotatable bonds is 8. The molecule has 0 aliphatic carbocycles. The molecule has 1 aromatic carbocycles. The summed E-state index contributed by atoms with van der Waals surface area (Å²) >= 11 is 0. The maximum atomic E-state index is 5.46. The molecule has 0 saturated carbocycles. The van der Waals surface area contributed by atoms with Gasteiger partial charge in [0.05, 0.1) is 6.61 Å². The van der Waals surface area contributed by atoms with Crippen LogP contribution in [0.1, 0.15) is 45.2 Å². The molecule has 1 unspecified atom stereocenters. The van der Waals surface area contributed by atoms with Crippen LogP contribution < -0.4 is 10.1 Å². The molecular weight excluding hydrogens is 222 g/mol. The molecule has 0 bridgehead atoms. The van der Waals surface area contributed by atoms with E-state index in [2.05, 4.69) is 37.9 Å². The lowest BCUT2D eigenvalue weighted by atomic mass is 9.98. The lowest BCUT2D eigenvalue weighted by molar-refractivity contribution is 0.340. The molecule has 1 aromatic rings. The van der Waals surface area contributed by atoms with E-state index in [1.165, 1.54) is 11.1 Å². The van der Waals surface area contributed by atoms with Crippen LogP contribution in [0, 0.1) is 0 Å². The smallest absolute Gasteiger partial charge is 0.119 e. The van der Waals surface area contributed by atoms with Gasteiger partial charge in [-0.25, -0.2) is 0 Å². The summed E-state index contributed by atoms with van der Waals surface area (Å²) in [6, 6.07) is 8.72. The van der Waals surface area contributed by atoms with E-state index in [1.54, 1.807) is 0 Å². The maximum Gasteiger partial charge on any atom is 0.119 e. The fraction of sp³-hybridized carbons (Fsp3) is 0.500. The van der Waals surface area contributed by atoms with Crippen molar-refractivity contribution in [2.75, 3.05) is 13.2 Å². The Kier molecular flexibility index (Phi) is 6.51. The van der Waals surface area contributed by atoms with Crippen molar-refractivity contribution >= 4 is 0 Å². The first-order valence-electron chi connectivity index (χ1n) is 6.84. The van der Waals surface area contributed by atoms with Crippen LogP contribution in [0.25, 0.3) is 0 Å². The van der Waals surface area contributed by atoms with Crippen LogP contribution >= 0.6 is 0 Å². The van der Waals surface area contributed by atoms with Gasteiger partial charge in [0.15, 0.2) is 0 Å². The average Bonchev–Trinajstić information content (AvgIpc) is 2.39. The number of nitrogens with one attached hydrogen (secondary N) is 1. The zero-order valence-electron chi connectivity index (χ0n) is 11.8. The standard InChI is InChI=1S/C16H25NO/c1-5-13(4)12-16(17-6-2)14-8-10-15(11-9-14)18-7-3/h8-11,16-17H,4-7,12H2,1-3H3. The molecule has 2 heteroatoms. The highest BCUT2D eigenvalue weighted by atomic mass is 16.5. The van der Waals surface area contributed by atoms with Crippen molar-refractivity contribution in [3.8, 4) is 5.75 Å². The number of hydrogen-bond acceptors (Lipinski definition) is 2. The molecule has 0 heterocycles. The predicted molar refractivity (Wildman–Crippen MR) is 78.1 cm³/mol. The van der Waals surface area contributed by atoms with Crippen molar-refractivity contribution < 1.29 is 4.74 Å². The van der Waals surface area contributed by atoms with E-state index < -0.39 is 0 Å². The Balaban J connectivity index is 2.75. The minimum Gasteiger partial charge on any atom is -0.494 e. The summed E-state index contributed by atoms with van der Waals surface area (Å²) < 4.78 is 5.46. The van der Waals surface area contributed by atoms with Crippen LogP contribution in [-0.4, -0.2) is 13.2 Å². The van der Waals surface area contributed by atoms with Crippen molar-refractivity contribution in [2.45, 2.75) is 39.7 Å². The van der Waals surface area contributed by atoms with E-state index in [1.807, 2.05) is 19.1 Å². The molecule has 0 spiro atoms. The molecule has 18 heavy (non-hydrogen) atoms. The molecule has 0 radical (unpaired) electrons. The van der Waals surface area contributed by atoms with Gasteiger partial charge in [-0.2, -0.15) is 0 Å². The third kappa shape index (κ3) is 4.53. The van der Waals surface area contributed by atoms with Crippen molar-refractivity contribution in [3.05, 3.63) is 42.0 Å². The second kappa shape index (κ2) is 7.93. The third-order valence-corrected chi connectivity index (χ3v) is 3.04. The molecule has 0 saturated heterocycles. The average molecular weight is 247 g/mol. The number of benzene rings is 1. The lowest BCUT2D eigenvalue weighted by Crippen LogP contribution is -2.21. The van der Waals surface area contributed by atoms with Gasteiger partial charge in [0.1, 0.15) is 5.75 Å². The fourth-order valence-electron chi connectivity index (χ4n) is 1.95. The van der Waals surface area contributed by atoms with Crippen molar-refractivity contribution in [1.29, 1.82) is 0 Å². The zero-order chi connectivity index (χ0) is 13.4. The number of hydrogen-bond donors (Lipinski definition) is 1. The summed E-state index contributed by atoms with van der Waals surface area (Å²) in [7, 11) is 0. The monoisotopic (exact) mass is 247 g/mol. The maximum absolute atomic E-state index is 5.46. The minimum absolute atomic E-state index is 0.359. The molecule has 1 N–H and O–H groups in total. The second-order valence-electron chi connectivity index (χ2n) is 4.42. The van der Waals surface area contributed by atoms with Gasteiger partial charge < -0.3 is 10.1 Å². The quantitative estimate of drug-likeness (QED) is 0.699. The van der Waals surface area contributed by atoms with E-state index in [4.69, 9.17) is 4.74 Å². The summed E-state index contributed by atoms with van der Waals surface area (Å²) in [6.45, 7) is 12.1. The highest BCUT2D eigenvalue weighted by Gasteiger charge is 2.11. The molecule has 1 atom stereocenters. The van der Waals surface area contributed by atoms with Crippen LogP contribution in [-0.2, 0) is 0 Å². The summed E-state index contributed by atoms with van der Waals surface area (Å²) in [5.41, 5.74) is 2.59. The van der Waals surface area contributed by atoms with Crippen molar-refractivity contribution in [1.82, 2.24) is 5.32 Å². The van der Waals surface area contributed by atoms with Gasteiger partial charge in [-0.3, -0.25) is 0 Å². The first kappa shape index (κ1) is 14.8. The van der Waals surface area contributed by atoms with Gasteiger partial charge in [0, 0.05) is 6.04 Å². The van der Waals surface area contributed by atoms with Gasteiger partial charge in [0.25, 0.3) is 0 Å². The Morgan fingerprint density at radius 1 is 1.22 bits per heavy atom. The topological polar surface area (TPSA) is 21.3 Å². The van der Waals surface area contributed by atoms with Gasteiger partial charge in [-0.1, -0.05) is 38.1 Å². The van der Waals surface area contributed by atoms with E-state index in [0.717, 1.165) is 25.1 Å². The Morgan fingerprint density at radius 2 is 1.89 bits per heavy atom. The molecule has 0 fully saturated rings. The van der Waals surface area contributed by atoms with Crippen LogP contribution in [0.3, 0.4) is 0 Å². The Labute approximate surface area is 111 Å². The molecule has 0 aliphatic heterocycles. The number of ether oxygens (including phenoxy) is 1. The molecule has 0 aromatic heterocycles. The first-order valence-corrected chi connectivity index (χ1v) is 6.84. The fourth-order valence-corrected chi connectivity index (χ4v) is 1.95. The predicted octanol–water partition coefficient (Wildman–Crippen LogP) is 4.09. The van der Waals surface area contributed by atoms with Gasteiger partial charge in [-0.05, 0) is 44.0 Å². The van der Waals surface area contributed by atoms with Crippen molar-refractivity contribution in [2.24, 2.45) is 0 Å². The highest BCUT2D eigenvalue weighted by molar-refractivity contribution is 5.30. The molecule has 100 valence electrons. The van der Waals surface area contributed by atoms with Crippen LogP contribution in [0.4, 0.5) is 0 Å². The summed E-state index contributed by atoms with van der Waals surface area (Å²) in [5, 5.41) is 3.51.